The fraction of sp³-hybridized carbons (Fsp3) is 0.636. The van der Waals surface area contributed by atoms with E-state index in [1.54, 1.807) is 6.92 Å². The van der Waals surface area contributed by atoms with Crippen LogP contribution in [0.2, 0.25) is 0 Å². The van der Waals surface area contributed by atoms with Crippen molar-refractivity contribution in [2.24, 2.45) is 0 Å². The van der Waals surface area contributed by atoms with Crippen molar-refractivity contribution >= 4 is 11.6 Å². The van der Waals surface area contributed by atoms with Crippen molar-refractivity contribution in [1.29, 1.82) is 0 Å². The summed E-state index contributed by atoms with van der Waals surface area (Å²) in [6, 6.07) is 0. The third kappa shape index (κ3) is 2.12. The number of aromatic nitrogens is 2. The molecule has 0 unspecified atom stereocenters. The summed E-state index contributed by atoms with van der Waals surface area (Å²) < 4.78 is 0. The first kappa shape index (κ1) is 11.9. The number of anilines is 1. The maximum atomic E-state index is 12.0. The van der Waals surface area contributed by atoms with Crippen LogP contribution in [0.15, 0.2) is 0 Å². The van der Waals surface area contributed by atoms with Gasteiger partial charge in [-0.2, -0.15) is 5.10 Å². The lowest BCUT2D eigenvalue weighted by Crippen LogP contribution is -2.49. The second kappa shape index (κ2) is 4.37. The predicted octanol–water partition coefficient (Wildman–Crippen LogP) is 0.335. The molecule has 0 radical (unpaired) electrons. The molecule has 17 heavy (non-hydrogen) atoms. The van der Waals surface area contributed by atoms with Gasteiger partial charge < -0.3 is 16.2 Å². The normalized spacial score (nSPS) is 18.2. The monoisotopic (exact) mass is 238 g/mol. The van der Waals surface area contributed by atoms with Gasteiger partial charge in [-0.25, -0.2) is 0 Å². The van der Waals surface area contributed by atoms with Crippen molar-refractivity contribution in [3.63, 3.8) is 0 Å². The first-order valence-corrected chi connectivity index (χ1v) is 5.82. The maximum Gasteiger partial charge on any atom is 0.274 e. The Hall–Kier alpha value is -1.56. The lowest BCUT2D eigenvalue weighted by Gasteiger charge is -2.27. The van der Waals surface area contributed by atoms with E-state index in [4.69, 9.17) is 5.73 Å². The molecule has 0 aliphatic heterocycles. The highest BCUT2D eigenvalue weighted by Crippen LogP contribution is 2.29. The van der Waals surface area contributed by atoms with E-state index in [-0.39, 0.29) is 18.2 Å². The number of amides is 1. The number of hydrogen-bond donors (Lipinski definition) is 4. The number of carbonyl (C=O) groups excluding carboxylic acids is 1. The van der Waals surface area contributed by atoms with Gasteiger partial charge in [0.05, 0.1) is 23.5 Å². The molecule has 0 saturated heterocycles. The number of hydrogen-bond acceptors (Lipinski definition) is 4. The number of aryl methyl sites for hydroxylation is 1. The highest BCUT2D eigenvalue weighted by atomic mass is 16.3. The zero-order chi connectivity index (χ0) is 12.5. The second-order valence-corrected chi connectivity index (χ2v) is 4.71. The van der Waals surface area contributed by atoms with Crippen LogP contribution in [-0.4, -0.2) is 33.4 Å². The SMILES string of the molecule is Cc1[nH]nc(C(=O)NC2(CO)CCCC2)c1N. The smallest absolute Gasteiger partial charge is 0.274 e. The molecule has 5 N–H and O–H groups in total. The Kier molecular flexibility index (Phi) is 3.06. The lowest BCUT2D eigenvalue weighted by atomic mass is 9.98. The number of aliphatic hydroxyl groups is 1. The number of rotatable bonds is 3. The molecule has 1 aromatic rings. The molecule has 1 fully saturated rings. The van der Waals surface area contributed by atoms with Gasteiger partial charge in [-0.05, 0) is 19.8 Å². The van der Waals surface area contributed by atoms with Crippen LogP contribution >= 0.6 is 0 Å². The predicted molar refractivity (Wildman–Crippen MR) is 63.5 cm³/mol. The quantitative estimate of drug-likeness (QED) is 0.609. The van der Waals surface area contributed by atoms with Gasteiger partial charge in [0.25, 0.3) is 5.91 Å². The van der Waals surface area contributed by atoms with Crippen LogP contribution in [0.1, 0.15) is 41.9 Å². The Morgan fingerprint density at radius 2 is 2.24 bits per heavy atom. The molecule has 1 saturated carbocycles. The minimum absolute atomic E-state index is 0.0396. The van der Waals surface area contributed by atoms with Gasteiger partial charge in [0, 0.05) is 0 Å². The third-order valence-corrected chi connectivity index (χ3v) is 3.45. The average Bonchev–Trinajstić information content (AvgIpc) is 2.89. The summed E-state index contributed by atoms with van der Waals surface area (Å²) in [4.78, 5) is 12.0. The summed E-state index contributed by atoms with van der Waals surface area (Å²) in [5, 5.41) is 18.8. The van der Waals surface area contributed by atoms with E-state index >= 15 is 0 Å². The number of carbonyl (C=O) groups is 1. The van der Waals surface area contributed by atoms with Gasteiger partial charge in [-0.15, -0.1) is 0 Å². The summed E-state index contributed by atoms with van der Waals surface area (Å²) >= 11 is 0. The summed E-state index contributed by atoms with van der Waals surface area (Å²) in [6.45, 7) is 1.72. The number of H-pyrrole nitrogens is 1. The topological polar surface area (TPSA) is 104 Å². The molecule has 1 amide bonds. The van der Waals surface area contributed by atoms with E-state index in [1.807, 2.05) is 0 Å². The fourth-order valence-corrected chi connectivity index (χ4v) is 2.29. The van der Waals surface area contributed by atoms with E-state index < -0.39 is 5.54 Å². The van der Waals surface area contributed by atoms with Crippen molar-refractivity contribution in [2.75, 3.05) is 12.3 Å². The number of aromatic amines is 1. The first-order chi connectivity index (χ1) is 8.08. The highest BCUT2D eigenvalue weighted by molar-refractivity contribution is 5.98. The molecule has 2 rings (SSSR count). The largest absolute Gasteiger partial charge is 0.395 e. The van der Waals surface area contributed by atoms with Gasteiger partial charge >= 0.3 is 0 Å². The van der Waals surface area contributed by atoms with Crippen molar-refractivity contribution in [3.05, 3.63) is 11.4 Å². The summed E-state index contributed by atoms with van der Waals surface area (Å²) in [5.41, 5.74) is 6.52. The molecule has 1 heterocycles. The molecule has 1 aliphatic carbocycles. The molecular formula is C11H18N4O2. The van der Waals surface area contributed by atoms with Crippen LogP contribution in [0.25, 0.3) is 0 Å². The number of nitrogens with one attached hydrogen (secondary N) is 2. The zero-order valence-electron chi connectivity index (χ0n) is 9.92. The Morgan fingerprint density at radius 3 is 2.71 bits per heavy atom. The average molecular weight is 238 g/mol. The standard InChI is InChI=1S/C11H18N4O2/c1-7-8(12)9(15-14-7)10(17)13-11(6-16)4-2-3-5-11/h16H,2-6,12H2,1H3,(H,13,17)(H,14,15). The van der Waals surface area contributed by atoms with Gasteiger partial charge in [0.1, 0.15) is 0 Å². The molecule has 1 aliphatic rings. The summed E-state index contributed by atoms with van der Waals surface area (Å²) in [5.74, 6) is -0.317. The zero-order valence-corrected chi connectivity index (χ0v) is 9.92. The minimum atomic E-state index is -0.490. The van der Waals surface area contributed by atoms with E-state index in [2.05, 4.69) is 15.5 Å². The van der Waals surface area contributed by atoms with Crippen molar-refractivity contribution in [2.45, 2.75) is 38.1 Å². The Labute approximate surface area is 99.6 Å². The molecule has 0 bridgehead atoms. The Balaban J connectivity index is 2.13. The number of aliphatic hydroxyl groups excluding tert-OH is 1. The summed E-state index contributed by atoms with van der Waals surface area (Å²) in [6.07, 6.45) is 3.66. The molecule has 6 nitrogen and oxygen atoms in total. The molecule has 0 aromatic carbocycles. The van der Waals surface area contributed by atoms with Crippen LogP contribution in [-0.2, 0) is 0 Å². The van der Waals surface area contributed by atoms with Gasteiger partial charge in [-0.3, -0.25) is 9.89 Å². The van der Waals surface area contributed by atoms with Crippen molar-refractivity contribution < 1.29 is 9.90 Å². The maximum absolute atomic E-state index is 12.0. The lowest BCUT2D eigenvalue weighted by molar-refractivity contribution is 0.0834. The molecule has 0 atom stereocenters. The third-order valence-electron chi connectivity index (χ3n) is 3.45. The molecular weight excluding hydrogens is 220 g/mol. The summed E-state index contributed by atoms with van der Waals surface area (Å²) in [7, 11) is 0. The molecule has 94 valence electrons. The molecule has 0 spiro atoms. The molecule has 1 aromatic heterocycles. The van der Waals surface area contributed by atoms with Gasteiger partial charge in [-0.1, -0.05) is 12.8 Å². The fourth-order valence-electron chi connectivity index (χ4n) is 2.29. The minimum Gasteiger partial charge on any atom is -0.395 e. The highest BCUT2D eigenvalue weighted by Gasteiger charge is 2.35. The van der Waals surface area contributed by atoms with Crippen LogP contribution < -0.4 is 11.1 Å². The van der Waals surface area contributed by atoms with Crippen LogP contribution in [0.3, 0.4) is 0 Å². The number of nitrogen functional groups attached to an aromatic ring is 1. The number of nitrogens with two attached hydrogens (primary N) is 1. The van der Waals surface area contributed by atoms with Crippen LogP contribution in [0.4, 0.5) is 5.69 Å². The van der Waals surface area contributed by atoms with Crippen molar-refractivity contribution in [3.8, 4) is 0 Å². The van der Waals surface area contributed by atoms with Gasteiger partial charge in [0.15, 0.2) is 5.69 Å². The van der Waals surface area contributed by atoms with Crippen molar-refractivity contribution in [1.82, 2.24) is 15.5 Å². The Morgan fingerprint density at radius 1 is 1.59 bits per heavy atom. The molecule has 6 heteroatoms. The van der Waals surface area contributed by atoms with E-state index in [1.165, 1.54) is 0 Å². The Bertz CT molecular complexity index is 421. The van der Waals surface area contributed by atoms with Gasteiger partial charge in [0.2, 0.25) is 0 Å². The first-order valence-electron chi connectivity index (χ1n) is 5.82. The van der Waals surface area contributed by atoms with E-state index in [0.717, 1.165) is 25.7 Å². The van der Waals surface area contributed by atoms with E-state index in [0.29, 0.717) is 11.4 Å². The van der Waals surface area contributed by atoms with E-state index in [9.17, 15) is 9.90 Å². The second-order valence-electron chi connectivity index (χ2n) is 4.71. The van der Waals surface area contributed by atoms with Crippen LogP contribution in [0, 0.1) is 6.92 Å². The number of nitrogens with zero attached hydrogens (tertiary/aromatic N) is 1. The van der Waals surface area contributed by atoms with Crippen LogP contribution in [0.5, 0.6) is 0 Å².